The summed E-state index contributed by atoms with van der Waals surface area (Å²) in [4.78, 5) is 61.6. The molecule has 1 heterocycles. The fraction of sp³-hybridized carbons (Fsp3) is 0.158. The minimum absolute atomic E-state index is 0.138. The number of halogens is 1. The Balaban J connectivity index is 1.67. The average molecular weight is 431 g/mol. The fourth-order valence-corrected chi connectivity index (χ4v) is 3.11. The van der Waals surface area contributed by atoms with E-state index in [1.807, 2.05) is 0 Å². The summed E-state index contributed by atoms with van der Waals surface area (Å²) in [6.07, 6.45) is 0. The third-order valence-electron chi connectivity index (χ3n) is 4.42. The van der Waals surface area contributed by atoms with Gasteiger partial charge in [-0.2, -0.15) is 0 Å². The number of nitrogens with one attached hydrogen (secondary N) is 1. The van der Waals surface area contributed by atoms with E-state index in [2.05, 4.69) is 5.32 Å². The number of benzene rings is 2. The van der Waals surface area contributed by atoms with Crippen molar-refractivity contribution in [1.82, 2.24) is 9.80 Å². The first-order valence-electron chi connectivity index (χ1n) is 8.62. The molecule has 10 nitrogen and oxygen atoms in total. The van der Waals surface area contributed by atoms with Crippen molar-refractivity contribution in [3.8, 4) is 0 Å². The van der Waals surface area contributed by atoms with Crippen molar-refractivity contribution < 1.29 is 24.1 Å². The van der Waals surface area contributed by atoms with Crippen LogP contribution < -0.4 is 5.32 Å². The highest BCUT2D eigenvalue weighted by Gasteiger charge is 2.42. The van der Waals surface area contributed by atoms with E-state index in [1.165, 1.54) is 19.2 Å². The maximum atomic E-state index is 12.5. The van der Waals surface area contributed by atoms with Crippen LogP contribution in [0.5, 0.6) is 0 Å². The predicted molar refractivity (Wildman–Crippen MR) is 106 cm³/mol. The van der Waals surface area contributed by atoms with Gasteiger partial charge in [-0.05, 0) is 18.2 Å². The molecule has 4 amide bonds. The second kappa shape index (κ2) is 8.29. The lowest BCUT2D eigenvalue weighted by Crippen LogP contribution is -2.43. The maximum Gasteiger partial charge on any atom is 0.282 e. The number of fused-ring (bicyclic) bond motifs is 1. The molecule has 0 fully saturated rings. The second-order valence-corrected chi connectivity index (χ2v) is 6.84. The van der Waals surface area contributed by atoms with Crippen molar-refractivity contribution >= 4 is 46.6 Å². The van der Waals surface area contributed by atoms with E-state index in [1.54, 1.807) is 24.3 Å². The first kappa shape index (κ1) is 20.9. The quantitative estimate of drug-likeness (QED) is 0.423. The van der Waals surface area contributed by atoms with Gasteiger partial charge in [0.1, 0.15) is 12.1 Å². The Bertz CT molecular complexity index is 1090. The first-order valence-corrected chi connectivity index (χ1v) is 9.00. The molecule has 2 aromatic carbocycles. The van der Waals surface area contributed by atoms with Crippen LogP contribution in [0.1, 0.15) is 20.7 Å². The largest absolute Gasteiger partial charge is 0.335 e. The highest BCUT2D eigenvalue weighted by atomic mass is 35.5. The van der Waals surface area contributed by atoms with Gasteiger partial charge in [-0.15, -0.1) is 0 Å². The van der Waals surface area contributed by atoms with Gasteiger partial charge in [-0.1, -0.05) is 29.8 Å². The maximum absolute atomic E-state index is 12.5. The molecule has 0 saturated heterocycles. The van der Waals surface area contributed by atoms with Crippen molar-refractivity contribution in [2.75, 3.05) is 25.5 Å². The van der Waals surface area contributed by atoms with Gasteiger partial charge in [-0.3, -0.25) is 34.2 Å². The highest BCUT2D eigenvalue weighted by molar-refractivity contribution is 6.33. The molecular formula is C19H15ClN4O6. The van der Waals surface area contributed by atoms with Crippen LogP contribution in [0.15, 0.2) is 42.5 Å². The van der Waals surface area contributed by atoms with Crippen LogP contribution in [0.4, 0.5) is 11.4 Å². The number of nitro benzene ring substituents is 1. The molecule has 0 aromatic heterocycles. The minimum atomic E-state index is -0.926. The summed E-state index contributed by atoms with van der Waals surface area (Å²) in [6, 6.07) is 10.2. The van der Waals surface area contributed by atoms with Gasteiger partial charge in [0.15, 0.2) is 0 Å². The number of carbonyl (C=O) groups excluding carboxylic acids is 4. The lowest BCUT2D eigenvalue weighted by Gasteiger charge is -2.20. The zero-order chi connectivity index (χ0) is 22.0. The molecule has 2 aromatic rings. The molecule has 1 N–H and O–H groups in total. The first-order chi connectivity index (χ1) is 14.2. The van der Waals surface area contributed by atoms with Gasteiger partial charge >= 0.3 is 0 Å². The molecule has 1 aliphatic heterocycles. The lowest BCUT2D eigenvalue weighted by atomic mass is 10.1. The van der Waals surface area contributed by atoms with Crippen LogP contribution in [0, 0.1) is 10.1 Å². The van der Waals surface area contributed by atoms with E-state index in [-0.39, 0.29) is 17.7 Å². The molecule has 0 unspecified atom stereocenters. The van der Waals surface area contributed by atoms with Crippen LogP contribution in [0.3, 0.4) is 0 Å². The Kier molecular flexibility index (Phi) is 5.79. The predicted octanol–water partition coefficient (Wildman–Crippen LogP) is 1.94. The summed E-state index contributed by atoms with van der Waals surface area (Å²) in [5, 5.41) is 14.0. The third-order valence-corrected chi connectivity index (χ3v) is 4.75. The van der Waals surface area contributed by atoms with Crippen molar-refractivity contribution in [1.29, 1.82) is 0 Å². The molecule has 154 valence electrons. The number of nitro groups is 1. The number of anilines is 1. The van der Waals surface area contributed by atoms with Gasteiger partial charge in [0.05, 0.1) is 27.7 Å². The summed E-state index contributed by atoms with van der Waals surface area (Å²) in [7, 11) is 1.33. The average Bonchev–Trinajstić information content (AvgIpc) is 2.94. The van der Waals surface area contributed by atoms with E-state index >= 15 is 0 Å². The highest BCUT2D eigenvalue weighted by Crippen LogP contribution is 2.30. The monoisotopic (exact) mass is 430 g/mol. The van der Waals surface area contributed by atoms with E-state index in [9.17, 15) is 29.3 Å². The van der Waals surface area contributed by atoms with Crippen LogP contribution in [-0.4, -0.2) is 58.5 Å². The van der Waals surface area contributed by atoms with Gasteiger partial charge in [-0.25, -0.2) is 0 Å². The Morgan fingerprint density at radius 1 is 1.13 bits per heavy atom. The normalized spacial score (nSPS) is 12.5. The Labute approximate surface area is 175 Å². The molecule has 0 aliphatic carbocycles. The number of nitrogens with zero attached hydrogens (tertiary/aromatic N) is 3. The minimum Gasteiger partial charge on any atom is -0.335 e. The lowest BCUT2D eigenvalue weighted by molar-refractivity contribution is -0.385. The summed E-state index contributed by atoms with van der Waals surface area (Å²) in [6.45, 7) is -1.01. The second-order valence-electron chi connectivity index (χ2n) is 6.43. The van der Waals surface area contributed by atoms with Gasteiger partial charge in [0, 0.05) is 13.1 Å². The number of rotatable bonds is 6. The molecule has 0 radical (unpaired) electrons. The molecule has 0 spiro atoms. The zero-order valence-electron chi connectivity index (χ0n) is 15.6. The number of para-hydroxylation sites is 1. The molecular weight excluding hydrogens is 416 g/mol. The van der Waals surface area contributed by atoms with Gasteiger partial charge in [0.25, 0.3) is 17.5 Å². The van der Waals surface area contributed by atoms with Crippen molar-refractivity contribution in [2.24, 2.45) is 0 Å². The van der Waals surface area contributed by atoms with E-state index in [0.29, 0.717) is 15.6 Å². The number of likely N-dealkylation sites (N-methyl/N-ethyl adjacent to an activating group) is 1. The molecule has 3 rings (SSSR count). The Morgan fingerprint density at radius 3 is 2.50 bits per heavy atom. The third kappa shape index (κ3) is 3.98. The standard InChI is InChI=1S/C19H15ClN4O6/c1-22(9-15(25)21-13-7-3-2-6-12(13)20)16(26)10-23-18(27)11-5-4-8-14(24(29)30)17(11)19(23)28/h2-8H,9-10H2,1H3,(H,21,25). The number of amides is 4. The molecule has 0 saturated carbocycles. The number of hydrogen-bond acceptors (Lipinski definition) is 6. The smallest absolute Gasteiger partial charge is 0.282 e. The van der Waals surface area contributed by atoms with Gasteiger partial charge < -0.3 is 10.2 Å². The molecule has 0 atom stereocenters. The van der Waals surface area contributed by atoms with E-state index in [0.717, 1.165) is 11.0 Å². The molecule has 11 heteroatoms. The summed E-state index contributed by atoms with van der Waals surface area (Å²) in [5.41, 5.74) is -0.619. The van der Waals surface area contributed by atoms with Crippen molar-refractivity contribution in [2.45, 2.75) is 0 Å². The summed E-state index contributed by atoms with van der Waals surface area (Å²) >= 11 is 5.97. The van der Waals surface area contributed by atoms with Crippen LogP contribution >= 0.6 is 11.6 Å². The Morgan fingerprint density at radius 2 is 1.83 bits per heavy atom. The van der Waals surface area contributed by atoms with Crippen molar-refractivity contribution in [3.63, 3.8) is 0 Å². The topological polar surface area (TPSA) is 130 Å². The zero-order valence-corrected chi connectivity index (χ0v) is 16.4. The molecule has 0 bridgehead atoms. The van der Waals surface area contributed by atoms with Crippen LogP contribution in [-0.2, 0) is 9.59 Å². The van der Waals surface area contributed by atoms with E-state index < -0.39 is 40.8 Å². The molecule has 1 aliphatic rings. The van der Waals surface area contributed by atoms with E-state index in [4.69, 9.17) is 11.6 Å². The van der Waals surface area contributed by atoms with Crippen LogP contribution in [0.25, 0.3) is 0 Å². The SMILES string of the molecule is CN(CC(=O)Nc1ccccc1Cl)C(=O)CN1C(=O)c2cccc([N+](=O)[O-])c2C1=O. The van der Waals surface area contributed by atoms with Crippen molar-refractivity contribution in [3.05, 3.63) is 68.7 Å². The summed E-state index contributed by atoms with van der Waals surface area (Å²) in [5.74, 6) is -2.95. The van der Waals surface area contributed by atoms with Gasteiger partial charge in [0.2, 0.25) is 11.8 Å². The number of imide groups is 1. The number of carbonyl (C=O) groups is 4. The fourth-order valence-electron chi connectivity index (χ4n) is 2.92. The molecule has 30 heavy (non-hydrogen) atoms. The number of hydrogen-bond donors (Lipinski definition) is 1. The van der Waals surface area contributed by atoms with Crippen LogP contribution in [0.2, 0.25) is 5.02 Å². The summed E-state index contributed by atoms with van der Waals surface area (Å²) < 4.78 is 0. The Hall–Kier alpha value is -3.79.